The van der Waals surface area contributed by atoms with Gasteiger partial charge in [0.1, 0.15) is 6.33 Å². The second-order valence-electron chi connectivity index (χ2n) is 2.88. The molecular weight excluding hydrogens is 251 g/mol. The Morgan fingerprint density at radius 1 is 1.38 bits per heavy atom. The molecular formula is C9H6Cl2N4O. The lowest BCUT2D eigenvalue weighted by atomic mass is 10.3. The lowest BCUT2D eigenvalue weighted by Crippen LogP contribution is -2.14. The molecule has 0 radical (unpaired) electrons. The Hall–Kier alpha value is -1.59. The van der Waals surface area contributed by atoms with E-state index in [0.29, 0.717) is 10.7 Å². The average Bonchev–Trinajstić information content (AvgIpc) is 2.78. The zero-order chi connectivity index (χ0) is 11.5. The highest BCUT2D eigenvalue weighted by Crippen LogP contribution is 2.29. The zero-order valence-corrected chi connectivity index (χ0v) is 9.38. The molecule has 16 heavy (non-hydrogen) atoms. The van der Waals surface area contributed by atoms with Crippen LogP contribution in [0.4, 0.5) is 5.69 Å². The van der Waals surface area contributed by atoms with Crippen molar-refractivity contribution in [3.05, 3.63) is 40.4 Å². The van der Waals surface area contributed by atoms with E-state index in [1.54, 1.807) is 18.2 Å². The van der Waals surface area contributed by atoms with Crippen LogP contribution in [0.25, 0.3) is 0 Å². The molecule has 1 amide bonds. The molecule has 2 aromatic rings. The normalized spacial score (nSPS) is 10.1. The third-order valence-electron chi connectivity index (χ3n) is 1.82. The molecule has 0 spiro atoms. The maximum atomic E-state index is 11.6. The van der Waals surface area contributed by atoms with E-state index >= 15 is 0 Å². The fourth-order valence-electron chi connectivity index (χ4n) is 1.10. The molecule has 5 nitrogen and oxygen atoms in total. The molecule has 0 bridgehead atoms. The van der Waals surface area contributed by atoms with E-state index in [-0.39, 0.29) is 10.8 Å². The summed E-state index contributed by atoms with van der Waals surface area (Å²) >= 11 is 11.7. The van der Waals surface area contributed by atoms with Gasteiger partial charge in [-0.25, -0.2) is 4.98 Å². The van der Waals surface area contributed by atoms with Crippen LogP contribution in [0.15, 0.2) is 24.5 Å². The van der Waals surface area contributed by atoms with Crippen molar-refractivity contribution < 1.29 is 4.79 Å². The molecule has 2 rings (SSSR count). The quantitative estimate of drug-likeness (QED) is 0.867. The largest absolute Gasteiger partial charge is 0.318 e. The molecule has 0 saturated heterocycles. The summed E-state index contributed by atoms with van der Waals surface area (Å²) in [7, 11) is 0. The fourth-order valence-corrected chi connectivity index (χ4v) is 1.44. The second kappa shape index (κ2) is 4.51. The van der Waals surface area contributed by atoms with Crippen LogP contribution in [0.2, 0.25) is 10.0 Å². The topological polar surface area (TPSA) is 70.7 Å². The van der Waals surface area contributed by atoms with Gasteiger partial charge in [-0.15, -0.1) is 5.10 Å². The van der Waals surface area contributed by atoms with Crippen LogP contribution in [0.5, 0.6) is 0 Å². The Morgan fingerprint density at radius 2 is 2.19 bits per heavy atom. The summed E-state index contributed by atoms with van der Waals surface area (Å²) in [5.41, 5.74) is 0.420. The van der Waals surface area contributed by atoms with Gasteiger partial charge in [0.25, 0.3) is 5.91 Å². The number of nitrogens with zero attached hydrogens (tertiary/aromatic N) is 2. The van der Waals surface area contributed by atoms with Crippen LogP contribution in [0.1, 0.15) is 10.6 Å². The number of aromatic amines is 1. The van der Waals surface area contributed by atoms with Gasteiger partial charge in [-0.05, 0) is 12.1 Å². The van der Waals surface area contributed by atoms with Crippen LogP contribution in [-0.2, 0) is 0 Å². The summed E-state index contributed by atoms with van der Waals surface area (Å²) in [4.78, 5) is 15.3. The summed E-state index contributed by atoms with van der Waals surface area (Å²) in [6.07, 6.45) is 1.31. The molecule has 0 atom stereocenters. The first kappa shape index (κ1) is 10.9. The Labute approximate surface area is 101 Å². The van der Waals surface area contributed by atoms with Crippen molar-refractivity contribution in [1.29, 1.82) is 0 Å². The molecule has 0 unspecified atom stereocenters. The predicted molar refractivity (Wildman–Crippen MR) is 60.8 cm³/mol. The third kappa shape index (κ3) is 2.15. The molecule has 1 heterocycles. The standard InChI is InChI=1S/C9H6Cl2N4O/c10-5-2-1-3-6(7(5)11)14-9(16)8-12-4-13-15-8/h1-4H,(H,14,16)(H,12,13,15). The minimum atomic E-state index is -0.453. The van der Waals surface area contributed by atoms with Gasteiger partial charge in [0, 0.05) is 0 Å². The molecule has 82 valence electrons. The highest BCUT2D eigenvalue weighted by Gasteiger charge is 2.12. The van der Waals surface area contributed by atoms with Crippen molar-refractivity contribution in [2.24, 2.45) is 0 Å². The highest BCUT2D eigenvalue weighted by atomic mass is 35.5. The SMILES string of the molecule is O=C(Nc1cccc(Cl)c1Cl)c1nc[nH]n1. The molecule has 1 aromatic carbocycles. The number of amides is 1. The van der Waals surface area contributed by atoms with E-state index < -0.39 is 5.91 Å². The number of hydrogen-bond donors (Lipinski definition) is 2. The Kier molecular flexibility index (Phi) is 3.07. The van der Waals surface area contributed by atoms with Gasteiger partial charge in [-0.3, -0.25) is 9.89 Å². The van der Waals surface area contributed by atoms with Gasteiger partial charge in [-0.1, -0.05) is 29.3 Å². The number of halogens is 2. The van der Waals surface area contributed by atoms with E-state index in [2.05, 4.69) is 20.5 Å². The molecule has 0 fully saturated rings. The number of H-pyrrole nitrogens is 1. The first-order valence-electron chi connectivity index (χ1n) is 4.29. The monoisotopic (exact) mass is 256 g/mol. The number of hydrogen-bond acceptors (Lipinski definition) is 3. The number of benzene rings is 1. The smallest absolute Gasteiger partial charge is 0.295 e. The fraction of sp³-hybridized carbons (Fsp3) is 0. The van der Waals surface area contributed by atoms with Gasteiger partial charge in [0.2, 0.25) is 5.82 Å². The second-order valence-corrected chi connectivity index (χ2v) is 3.66. The Bertz CT molecular complexity index is 512. The van der Waals surface area contributed by atoms with Gasteiger partial charge < -0.3 is 5.32 Å². The van der Waals surface area contributed by atoms with Gasteiger partial charge >= 0.3 is 0 Å². The van der Waals surface area contributed by atoms with Crippen molar-refractivity contribution >= 4 is 34.8 Å². The van der Waals surface area contributed by atoms with E-state index in [1.165, 1.54) is 6.33 Å². The molecule has 2 N–H and O–H groups in total. The summed E-state index contributed by atoms with van der Waals surface area (Å²) in [5.74, 6) is -0.415. The average molecular weight is 257 g/mol. The van der Waals surface area contributed by atoms with Crippen molar-refractivity contribution in [2.75, 3.05) is 5.32 Å². The van der Waals surface area contributed by atoms with Crippen molar-refractivity contribution in [3.63, 3.8) is 0 Å². The van der Waals surface area contributed by atoms with Crippen molar-refractivity contribution in [1.82, 2.24) is 15.2 Å². The lowest BCUT2D eigenvalue weighted by molar-refractivity contribution is 0.101. The van der Waals surface area contributed by atoms with E-state index in [9.17, 15) is 4.79 Å². The number of anilines is 1. The highest BCUT2D eigenvalue weighted by molar-refractivity contribution is 6.44. The summed E-state index contributed by atoms with van der Waals surface area (Å²) in [6, 6.07) is 4.95. The molecule has 0 aliphatic carbocycles. The van der Waals surface area contributed by atoms with Gasteiger partial charge in [0.05, 0.1) is 15.7 Å². The first-order valence-corrected chi connectivity index (χ1v) is 5.05. The maximum Gasteiger partial charge on any atom is 0.295 e. The van der Waals surface area contributed by atoms with Gasteiger partial charge in [-0.2, -0.15) is 0 Å². The van der Waals surface area contributed by atoms with Crippen molar-refractivity contribution in [3.8, 4) is 0 Å². The predicted octanol–water partition coefficient (Wildman–Crippen LogP) is 2.36. The summed E-state index contributed by atoms with van der Waals surface area (Å²) < 4.78 is 0. The molecule has 0 saturated carbocycles. The Balaban J connectivity index is 2.22. The van der Waals surface area contributed by atoms with E-state index in [4.69, 9.17) is 23.2 Å². The van der Waals surface area contributed by atoms with Crippen molar-refractivity contribution in [2.45, 2.75) is 0 Å². The number of aromatic nitrogens is 3. The van der Waals surface area contributed by atoms with Crippen LogP contribution >= 0.6 is 23.2 Å². The van der Waals surface area contributed by atoms with E-state index in [0.717, 1.165) is 0 Å². The van der Waals surface area contributed by atoms with E-state index in [1.807, 2.05) is 0 Å². The van der Waals surface area contributed by atoms with Crippen LogP contribution in [0, 0.1) is 0 Å². The molecule has 1 aromatic heterocycles. The molecule has 0 aliphatic heterocycles. The minimum Gasteiger partial charge on any atom is -0.318 e. The number of rotatable bonds is 2. The first-order chi connectivity index (χ1) is 7.68. The number of carbonyl (C=O) groups is 1. The van der Waals surface area contributed by atoms with Crippen LogP contribution < -0.4 is 5.32 Å². The number of carbonyl (C=O) groups excluding carboxylic acids is 1. The zero-order valence-electron chi connectivity index (χ0n) is 7.87. The lowest BCUT2D eigenvalue weighted by Gasteiger charge is -2.05. The maximum absolute atomic E-state index is 11.6. The van der Waals surface area contributed by atoms with Gasteiger partial charge in [0.15, 0.2) is 0 Å². The van der Waals surface area contributed by atoms with Crippen LogP contribution in [-0.4, -0.2) is 21.1 Å². The molecule has 0 aliphatic rings. The van der Waals surface area contributed by atoms with Crippen LogP contribution in [0.3, 0.4) is 0 Å². The summed E-state index contributed by atoms with van der Waals surface area (Å²) in [6.45, 7) is 0. The molecule has 7 heteroatoms. The number of nitrogens with one attached hydrogen (secondary N) is 2. The Morgan fingerprint density at radius 3 is 2.88 bits per heavy atom. The third-order valence-corrected chi connectivity index (χ3v) is 2.64. The summed E-state index contributed by atoms with van der Waals surface area (Å²) in [5, 5.41) is 9.29. The minimum absolute atomic E-state index is 0.0380.